The molecule has 0 radical (unpaired) electrons. The van der Waals surface area contributed by atoms with Crippen molar-refractivity contribution < 1.29 is 4.42 Å². The van der Waals surface area contributed by atoms with E-state index in [0.717, 1.165) is 39.0 Å². The van der Waals surface area contributed by atoms with Crippen LogP contribution in [0.4, 0.5) is 17.1 Å². The van der Waals surface area contributed by atoms with Gasteiger partial charge in [-0.2, -0.15) is 0 Å². The number of anilines is 3. The number of rotatable bonds is 8. The normalized spacial score (nSPS) is 13.7. The van der Waals surface area contributed by atoms with Crippen LogP contribution in [0.2, 0.25) is 0 Å². The maximum atomic E-state index is 6.38. The zero-order chi connectivity index (χ0) is 46.2. The van der Waals surface area contributed by atoms with E-state index in [4.69, 9.17) is 4.42 Å². The SMILES string of the molecule is c1ccc(C2(c3cccc(N(c4ccc(-c5cccc([Si]6(c7ccccc7)c7ccccc7-c7ccccc76)c5)cc4)c4ccc5oc6ccccc6c5c4)c3)c3ccccc3-c3ccccc32)cc1. The molecule has 70 heavy (non-hydrogen) atoms. The minimum absolute atomic E-state index is 0.531. The summed E-state index contributed by atoms with van der Waals surface area (Å²) in [7, 11) is -2.65. The van der Waals surface area contributed by atoms with Gasteiger partial charge in [-0.25, -0.2) is 0 Å². The zero-order valence-corrected chi connectivity index (χ0v) is 39.3. The van der Waals surface area contributed by atoms with Crippen molar-refractivity contribution in [1.29, 1.82) is 0 Å². The molecule has 0 amide bonds. The second-order valence-electron chi connectivity index (χ2n) is 18.7. The fourth-order valence-corrected chi connectivity index (χ4v) is 17.6. The number of fused-ring (bicyclic) bond motifs is 9. The summed E-state index contributed by atoms with van der Waals surface area (Å²) in [6.45, 7) is 0. The number of furan rings is 1. The number of nitrogens with zero attached hydrogens (tertiary/aromatic N) is 1. The Kier molecular flexibility index (Phi) is 9.17. The molecule has 1 aliphatic carbocycles. The Morgan fingerprint density at radius 1 is 0.314 bits per heavy atom. The van der Waals surface area contributed by atoms with Gasteiger partial charge in [-0.1, -0.05) is 224 Å². The van der Waals surface area contributed by atoms with Crippen LogP contribution in [0.25, 0.3) is 55.3 Å². The van der Waals surface area contributed by atoms with Crippen LogP contribution in [0.1, 0.15) is 22.3 Å². The Bertz CT molecular complexity index is 3870. The predicted octanol–water partition coefficient (Wildman–Crippen LogP) is 14.4. The third-order valence-electron chi connectivity index (χ3n) is 15.2. The van der Waals surface area contributed by atoms with E-state index in [-0.39, 0.29) is 0 Å². The first-order valence-electron chi connectivity index (χ1n) is 24.2. The predicted molar refractivity (Wildman–Crippen MR) is 294 cm³/mol. The third-order valence-corrected chi connectivity index (χ3v) is 20.1. The summed E-state index contributed by atoms with van der Waals surface area (Å²) < 4.78 is 6.38. The molecule has 1 aliphatic heterocycles. The lowest BCUT2D eigenvalue weighted by Gasteiger charge is -2.35. The molecule has 0 atom stereocenters. The van der Waals surface area contributed by atoms with E-state index in [1.807, 2.05) is 6.07 Å². The van der Waals surface area contributed by atoms with Gasteiger partial charge in [0.25, 0.3) is 0 Å². The van der Waals surface area contributed by atoms with Gasteiger partial charge in [-0.3, -0.25) is 0 Å². The van der Waals surface area contributed by atoms with Gasteiger partial charge < -0.3 is 9.32 Å². The van der Waals surface area contributed by atoms with E-state index < -0.39 is 13.5 Å². The van der Waals surface area contributed by atoms with Crippen molar-refractivity contribution in [2.45, 2.75) is 5.41 Å². The molecule has 0 saturated heterocycles. The molecular weight excluding hydrogens is 863 g/mol. The van der Waals surface area contributed by atoms with Gasteiger partial charge in [-0.05, 0) is 125 Å². The number of benzene rings is 11. The first-order chi connectivity index (χ1) is 34.7. The molecule has 0 unspecified atom stereocenters. The fraction of sp³-hybridized carbons (Fsp3) is 0.0149. The Morgan fingerprint density at radius 3 is 1.56 bits per heavy atom. The van der Waals surface area contributed by atoms with Gasteiger partial charge in [0.05, 0.1) is 5.41 Å². The first-order valence-corrected chi connectivity index (χ1v) is 26.2. The van der Waals surface area contributed by atoms with E-state index in [2.05, 4.69) is 272 Å². The van der Waals surface area contributed by atoms with Gasteiger partial charge in [-0.15, -0.1) is 0 Å². The van der Waals surface area contributed by atoms with Crippen LogP contribution < -0.4 is 25.6 Å². The van der Waals surface area contributed by atoms with Crippen molar-refractivity contribution in [2.24, 2.45) is 0 Å². The van der Waals surface area contributed by atoms with E-state index >= 15 is 0 Å². The molecule has 328 valence electrons. The van der Waals surface area contributed by atoms with Crippen LogP contribution in [0, 0.1) is 0 Å². The lowest BCUT2D eigenvalue weighted by Crippen LogP contribution is -2.72. The zero-order valence-electron chi connectivity index (χ0n) is 38.3. The largest absolute Gasteiger partial charge is 0.456 e. The summed E-state index contributed by atoms with van der Waals surface area (Å²) in [5, 5.41) is 7.89. The molecule has 0 saturated carbocycles. The number of hydrogen-bond acceptors (Lipinski definition) is 2. The standard InChI is InChI=1S/C67H45NOSi/c1-3-20-48(21-4-1)67(61-32-12-7-27-55(61)56-28-8-13-33-62(56)67)49-22-18-23-51(44-49)68(52-41-42-64-60(45-52)57-29-9-14-34-63(57)69-64)50-39-37-46(38-40-50)47-19-17-26-54(43-47)70(53-24-5-2-6-25-53)65-35-15-10-30-58(65)59-31-11-16-36-66(59)70/h1-45H. The van der Waals surface area contributed by atoms with Gasteiger partial charge in [0.2, 0.25) is 0 Å². The molecule has 0 N–H and O–H groups in total. The van der Waals surface area contributed by atoms with Gasteiger partial charge in [0.15, 0.2) is 8.07 Å². The minimum atomic E-state index is -2.65. The summed E-state index contributed by atoms with van der Waals surface area (Å²) in [4.78, 5) is 2.42. The van der Waals surface area contributed by atoms with Crippen molar-refractivity contribution in [2.75, 3.05) is 4.90 Å². The molecule has 2 heterocycles. The van der Waals surface area contributed by atoms with Crippen molar-refractivity contribution >= 4 is 67.8 Å². The average molecular weight is 908 g/mol. The van der Waals surface area contributed by atoms with E-state index in [0.29, 0.717) is 0 Å². The fourth-order valence-electron chi connectivity index (χ4n) is 12.3. The second kappa shape index (κ2) is 15.9. The highest BCUT2D eigenvalue weighted by Crippen LogP contribution is 2.56. The van der Waals surface area contributed by atoms with Crippen LogP contribution in [0.15, 0.2) is 277 Å². The number of para-hydroxylation sites is 1. The highest BCUT2D eigenvalue weighted by atomic mass is 28.3. The summed E-state index contributed by atoms with van der Waals surface area (Å²) in [5.74, 6) is 0. The minimum Gasteiger partial charge on any atom is -0.456 e. The van der Waals surface area contributed by atoms with Crippen molar-refractivity contribution in [3.63, 3.8) is 0 Å². The highest BCUT2D eigenvalue weighted by molar-refractivity contribution is 7.22. The van der Waals surface area contributed by atoms with Gasteiger partial charge in [0, 0.05) is 27.8 Å². The monoisotopic (exact) mass is 907 g/mol. The topological polar surface area (TPSA) is 16.4 Å². The molecule has 12 aromatic rings. The second-order valence-corrected chi connectivity index (χ2v) is 22.4. The third kappa shape index (κ3) is 5.86. The van der Waals surface area contributed by atoms with E-state index in [1.54, 1.807) is 0 Å². The van der Waals surface area contributed by atoms with E-state index in [9.17, 15) is 0 Å². The van der Waals surface area contributed by atoms with Crippen LogP contribution in [-0.2, 0) is 5.41 Å². The Hall–Kier alpha value is -8.76. The summed E-state index contributed by atoms with van der Waals surface area (Å²) in [5.41, 5.74) is 17.1. The summed E-state index contributed by atoms with van der Waals surface area (Å²) in [6, 6.07) is 101. The van der Waals surface area contributed by atoms with Crippen molar-refractivity contribution in [1.82, 2.24) is 0 Å². The van der Waals surface area contributed by atoms with Crippen molar-refractivity contribution in [3.05, 3.63) is 295 Å². The summed E-state index contributed by atoms with van der Waals surface area (Å²) >= 11 is 0. The summed E-state index contributed by atoms with van der Waals surface area (Å²) in [6.07, 6.45) is 0. The average Bonchev–Trinajstić information content (AvgIpc) is 4.07. The maximum absolute atomic E-state index is 6.38. The molecule has 0 spiro atoms. The van der Waals surface area contributed by atoms with Crippen LogP contribution in [0.3, 0.4) is 0 Å². The maximum Gasteiger partial charge on any atom is 0.180 e. The molecule has 14 rings (SSSR count). The Labute approximate surface area is 409 Å². The lowest BCUT2D eigenvalue weighted by molar-refractivity contribution is 0.669. The van der Waals surface area contributed by atoms with Gasteiger partial charge in [0.1, 0.15) is 11.2 Å². The molecule has 11 aromatic carbocycles. The van der Waals surface area contributed by atoms with Gasteiger partial charge >= 0.3 is 0 Å². The molecule has 2 nitrogen and oxygen atoms in total. The Morgan fingerprint density at radius 2 is 0.843 bits per heavy atom. The molecular formula is C67H45NOSi. The van der Waals surface area contributed by atoms with Crippen LogP contribution in [-0.4, -0.2) is 8.07 Å². The molecule has 2 aliphatic rings. The van der Waals surface area contributed by atoms with E-state index in [1.165, 1.54) is 76.4 Å². The van der Waals surface area contributed by atoms with Crippen LogP contribution in [0.5, 0.6) is 0 Å². The number of hydrogen-bond donors (Lipinski definition) is 0. The van der Waals surface area contributed by atoms with Crippen molar-refractivity contribution in [3.8, 4) is 33.4 Å². The highest BCUT2D eigenvalue weighted by Gasteiger charge is 2.49. The first kappa shape index (κ1) is 40.3. The molecule has 0 bridgehead atoms. The van der Waals surface area contributed by atoms with Crippen LogP contribution >= 0.6 is 0 Å². The molecule has 1 aromatic heterocycles. The molecule has 0 fully saturated rings. The lowest BCUT2D eigenvalue weighted by atomic mass is 9.67. The Balaban J connectivity index is 0.938. The quantitative estimate of drug-likeness (QED) is 0.141. The smallest absolute Gasteiger partial charge is 0.180 e. The molecule has 3 heteroatoms.